The Hall–Kier alpha value is -4.04. The molecule has 2 heterocycles. The van der Waals surface area contributed by atoms with Crippen LogP contribution in [-0.2, 0) is 19.8 Å². The Kier molecular flexibility index (Phi) is 5.40. The second kappa shape index (κ2) is 8.32. The molecule has 0 radical (unpaired) electrons. The number of amides is 2. The van der Waals surface area contributed by atoms with Crippen LogP contribution >= 0.6 is 0 Å². The van der Waals surface area contributed by atoms with E-state index in [1.165, 1.54) is 24.3 Å². The molecule has 2 amide bonds. The van der Waals surface area contributed by atoms with Crippen molar-refractivity contribution in [3.8, 4) is 0 Å². The van der Waals surface area contributed by atoms with Gasteiger partial charge in [0.05, 0.1) is 22.3 Å². The van der Waals surface area contributed by atoms with Crippen molar-refractivity contribution in [1.29, 1.82) is 0 Å². The van der Waals surface area contributed by atoms with Crippen molar-refractivity contribution >= 4 is 28.9 Å². The summed E-state index contributed by atoms with van der Waals surface area (Å²) in [6, 6.07) is 22.3. The monoisotopic (exact) mass is 471 g/mol. The van der Waals surface area contributed by atoms with Crippen molar-refractivity contribution in [3.05, 3.63) is 100 Å². The minimum atomic E-state index is -0.995. The van der Waals surface area contributed by atoms with Crippen LogP contribution in [0.2, 0.25) is 0 Å². The molecule has 178 valence electrons. The fourth-order valence-corrected chi connectivity index (χ4v) is 4.71. The zero-order valence-corrected chi connectivity index (χ0v) is 19.6. The van der Waals surface area contributed by atoms with Gasteiger partial charge in [-0.15, -0.1) is 0 Å². The summed E-state index contributed by atoms with van der Waals surface area (Å²) in [5.74, 6) is -1.64. The number of non-ortho nitro benzene ring substituents is 1. The van der Waals surface area contributed by atoms with Gasteiger partial charge in [-0.3, -0.25) is 24.5 Å². The number of fused-ring (bicyclic) bond motifs is 1. The Morgan fingerprint density at radius 2 is 1.46 bits per heavy atom. The zero-order valence-electron chi connectivity index (χ0n) is 19.6. The minimum absolute atomic E-state index is 0.0295. The van der Waals surface area contributed by atoms with Crippen molar-refractivity contribution in [1.82, 2.24) is 0 Å². The fourth-order valence-electron chi connectivity index (χ4n) is 4.71. The third-order valence-electron chi connectivity index (χ3n) is 6.56. The number of nitrogens with zero attached hydrogens (tertiary/aromatic N) is 3. The average molecular weight is 472 g/mol. The van der Waals surface area contributed by atoms with Crippen LogP contribution in [0.15, 0.2) is 78.9 Å². The molecule has 0 bridgehead atoms. The highest BCUT2D eigenvalue weighted by Gasteiger charge is 2.60. The normalized spacial score (nSPS) is 22.0. The van der Waals surface area contributed by atoms with Crippen LogP contribution < -0.4 is 9.96 Å². The van der Waals surface area contributed by atoms with Crippen LogP contribution in [0.25, 0.3) is 0 Å². The van der Waals surface area contributed by atoms with Crippen molar-refractivity contribution < 1.29 is 19.3 Å². The molecular formula is C27H25N3O5. The summed E-state index contributed by atoms with van der Waals surface area (Å²) in [4.78, 5) is 44.8. The summed E-state index contributed by atoms with van der Waals surface area (Å²) < 4.78 is 0. The first kappa shape index (κ1) is 22.7. The largest absolute Gasteiger partial charge is 0.273 e. The predicted molar refractivity (Wildman–Crippen MR) is 131 cm³/mol. The summed E-state index contributed by atoms with van der Waals surface area (Å²) >= 11 is 0. The number of hydrogen-bond acceptors (Lipinski definition) is 6. The first-order chi connectivity index (χ1) is 16.7. The third kappa shape index (κ3) is 3.85. The topological polar surface area (TPSA) is 93.0 Å². The maximum atomic E-state index is 13.7. The Bertz CT molecular complexity index is 1280. The van der Waals surface area contributed by atoms with Crippen molar-refractivity contribution in [2.45, 2.75) is 38.3 Å². The smallest absolute Gasteiger partial charge is 0.269 e. The van der Waals surface area contributed by atoms with Gasteiger partial charge in [-0.2, -0.15) is 0 Å². The summed E-state index contributed by atoms with van der Waals surface area (Å²) in [6.45, 7) is 6.40. The molecule has 8 nitrogen and oxygen atoms in total. The molecule has 0 unspecified atom stereocenters. The number of nitro benzene ring substituents is 1. The van der Waals surface area contributed by atoms with E-state index in [1.807, 2.05) is 54.6 Å². The van der Waals surface area contributed by atoms with Gasteiger partial charge in [0, 0.05) is 12.1 Å². The van der Waals surface area contributed by atoms with Crippen LogP contribution in [0, 0.1) is 16.0 Å². The number of hydrogen-bond donors (Lipinski definition) is 0. The summed E-state index contributed by atoms with van der Waals surface area (Å²) in [6.07, 6.45) is -0.995. The van der Waals surface area contributed by atoms with E-state index in [1.54, 1.807) is 5.06 Å². The molecule has 3 aromatic rings. The Morgan fingerprint density at radius 3 is 2.03 bits per heavy atom. The van der Waals surface area contributed by atoms with Gasteiger partial charge in [0.25, 0.3) is 11.6 Å². The molecule has 2 saturated heterocycles. The van der Waals surface area contributed by atoms with Crippen LogP contribution in [0.3, 0.4) is 0 Å². The molecule has 3 aromatic carbocycles. The van der Waals surface area contributed by atoms with Crippen LogP contribution in [0.4, 0.5) is 17.1 Å². The Balaban J connectivity index is 1.54. The van der Waals surface area contributed by atoms with Gasteiger partial charge < -0.3 is 0 Å². The van der Waals surface area contributed by atoms with Crippen molar-refractivity contribution in [2.24, 2.45) is 5.92 Å². The molecule has 2 aliphatic heterocycles. The van der Waals surface area contributed by atoms with E-state index in [-0.39, 0.29) is 16.8 Å². The lowest BCUT2D eigenvalue weighted by Crippen LogP contribution is -2.37. The number of carbonyl (C=O) groups excluding carboxylic acids is 2. The number of hydroxylamine groups is 1. The maximum Gasteiger partial charge on any atom is 0.269 e. The Labute approximate surface area is 202 Å². The van der Waals surface area contributed by atoms with Gasteiger partial charge >= 0.3 is 0 Å². The van der Waals surface area contributed by atoms with E-state index >= 15 is 0 Å². The van der Waals surface area contributed by atoms with Crippen LogP contribution in [-0.4, -0.2) is 22.8 Å². The van der Waals surface area contributed by atoms with E-state index in [4.69, 9.17) is 4.84 Å². The first-order valence-corrected chi connectivity index (χ1v) is 11.4. The fraction of sp³-hybridized carbons (Fsp3) is 0.259. The molecule has 2 fully saturated rings. The maximum absolute atomic E-state index is 13.7. The molecule has 0 aromatic heterocycles. The zero-order chi connectivity index (χ0) is 24.9. The van der Waals surface area contributed by atoms with E-state index in [0.717, 1.165) is 21.7 Å². The van der Waals surface area contributed by atoms with Gasteiger partial charge in [-0.05, 0) is 40.8 Å². The average Bonchev–Trinajstić information content (AvgIpc) is 3.35. The second-order valence-corrected chi connectivity index (χ2v) is 9.82. The molecule has 0 N–H and O–H groups in total. The van der Waals surface area contributed by atoms with E-state index in [9.17, 15) is 19.7 Å². The minimum Gasteiger partial charge on any atom is -0.273 e. The SMILES string of the molecule is CC(C)(C)c1ccc([C@@H]2[C@H]3C(=O)N(c4ccc([N+](=O)[O-])cc4)C(=O)[C@H]3ON2c2ccccc2)cc1. The molecule has 5 rings (SSSR count). The third-order valence-corrected chi connectivity index (χ3v) is 6.56. The van der Waals surface area contributed by atoms with Crippen molar-refractivity contribution in [3.63, 3.8) is 0 Å². The summed E-state index contributed by atoms with van der Waals surface area (Å²) in [5.41, 5.74) is 2.91. The van der Waals surface area contributed by atoms with Crippen LogP contribution in [0.1, 0.15) is 37.9 Å². The standard InChI is InChI=1S/C27H25N3O5/c1-27(2,3)18-11-9-17(10-12-18)23-22-24(35-29(23)20-7-5-4-6-8-20)26(32)28(25(22)31)19-13-15-21(16-14-19)30(33)34/h4-16,22-24H,1-3H3/t22-,23-,24+/m1/s1. The number of para-hydroxylation sites is 1. The molecule has 35 heavy (non-hydrogen) atoms. The number of benzene rings is 3. The highest BCUT2D eigenvalue weighted by atomic mass is 16.7. The molecule has 3 atom stereocenters. The quantitative estimate of drug-likeness (QED) is 0.304. The summed E-state index contributed by atoms with van der Waals surface area (Å²) in [7, 11) is 0. The highest BCUT2D eigenvalue weighted by Crippen LogP contribution is 2.47. The van der Waals surface area contributed by atoms with Gasteiger partial charge in [-0.25, -0.2) is 9.96 Å². The molecule has 0 aliphatic carbocycles. The Morgan fingerprint density at radius 1 is 0.829 bits per heavy atom. The van der Waals surface area contributed by atoms with Crippen molar-refractivity contribution in [2.75, 3.05) is 9.96 Å². The number of rotatable bonds is 4. The molecule has 0 saturated carbocycles. The highest BCUT2D eigenvalue weighted by molar-refractivity contribution is 6.23. The first-order valence-electron chi connectivity index (χ1n) is 11.4. The van der Waals surface area contributed by atoms with Gasteiger partial charge in [0.2, 0.25) is 5.91 Å². The van der Waals surface area contributed by atoms with Gasteiger partial charge in [-0.1, -0.05) is 63.2 Å². The number of nitro groups is 1. The van der Waals surface area contributed by atoms with Gasteiger partial charge in [0.1, 0.15) is 5.92 Å². The number of carbonyl (C=O) groups is 2. The molecule has 2 aliphatic rings. The van der Waals surface area contributed by atoms with Gasteiger partial charge in [0.15, 0.2) is 6.10 Å². The van der Waals surface area contributed by atoms with E-state index in [2.05, 4.69) is 20.8 Å². The predicted octanol–water partition coefficient (Wildman–Crippen LogP) is 4.94. The molecular weight excluding hydrogens is 446 g/mol. The number of anilines is 2. The lowest BCUT2D eigenvalue weighted by molar-refractivity contribution is -0.384. The van der Waals surface area contributed by atoms with Crippen LogP contribution in [0.5, 0.6) is 0 Å². The van der Waals surface area contributed by atoms with E-state index < -0.39 is 34.8 Å². The second-order valence-electron chi connectivity index (χ2n) is 9.82. The van der Waals surface area contributed by atoms with E-state index in [0.29, 0.717) is 0 Å². The summed E-state index contributed by atoms with van der Waals surface area (Å²) in [5, 5.41) is 12.7. The number of imide groups is 1. The lowest BCUT2D eigenvalue weighted by atomic mass is 9.84. The lowest BCUT2D eigenvalue weighted by Gasteiger charge is -2.29. The molecule has 0 spiro atoms. The molecule has 8 heteroatoms.